The number of aromatic nitrogens is 2. The van der Waals surface area contributed by atoms with Gasteiger partial charge in [0.05, 0.1) is 51.1 Å². The van der Waals surface area contributed by atoms with E-state index in [-0.39, 0.29) is 11.1 Å². The zero-order valence-electron chi connectivity index (χ0n) is 30.5. The normalized spacial score (nSPS) is 11.7. The zero-order chi connectivity index (χ0) is 38.6. The number of benzene rings is 8. The topological polar surface area (TPSA) is 88.1 Å². The molecule has 266 valence electrons. The molecule has 0 spiro atoms. The molecule has 0 bridgehead atoms. The molecule has 0 aliphatic rings. The van der Waals surface area contributed by atoms with Crippen LogP contribution < -0.4 is 0 Å². The van der Waals surface area contributed by atoms with Crippen LogP contribution in [0.25, 0.3) is 115 Å². The molecule has 0 N–H and O–H groups in total. The van der Waals surface area contributed by atoms with Gasteiger partial charge in [0, 0.05) is 60.8 Å². The average Bonchev–Trinajstić information content (AvgIpc) is 4.01. The molecule has 4 aromatic heterocycles. The van der Waals surface area contributed by atoms with Crippen molar-refractivity contribution in [3.05, 3.63) is 174 Å². The number of nitriles is 2. The highest BCUT2D eigenvalue weighted by atomic mass is 16.3. The van der Waals surface area contributed by atoms with Crippen molar-refractivity contribution in [2.45, 2.75) is 0 Å². The minimum Gasteiger partial charge on any atom is -0.456 e. The summed E-state index contributed by atoms with van der Waals surface area (Å²) in [5.74, 6) is 0. The number of para-hydroxylation sites is 4. The van der Waals surface area contributed by atoms with E-state index in [1.807, 2.05) is 84.9 Å². The Labute approximate surface area is 329 Å². The van der Waals surface area contributed by atoms with Crippen molar-refractivity contribution in [2.24, 2.45) is 0 Å². The molecule has 4 heterocycles. The van der Waals surface area contributed by atoms with Gasteiger partial charge in [-0.3, -0.25) is 0 Å². The lowest BCUT2D eigenvalue weighted by Crippen LogP contribution is -2.01. The van der Waals surface area contributed by atoms with Crippen molar-refractivity contribution in [1.29, 1.82) is 10.5 Å². The van der Waals surface area contributed by atoms with E-state index in [2.05, 4.69) is 86.8 Å². The molecule has 7 heteroatoms. The van der Waals surface area contributed by atoms with Crippen LogP contribution in [0, 0.1) is 29.2 Å². The average molecular weight is 740 g/mol. The Morgan fingerprint density at radius 3 is 1.48 bits per heavy atom. The third-order valence-electron chi connectivity index (χ3n) is 11.6. The van der Waals surface area contributed by atoms with Crippen LogP contribution in [0.15, 0.2) is 160 Å². The van der Waals surface area contributed by atoms with Gasteiger partial charge < -0.3 is 18.0 Å². The summed E-state index contributed by atoms with van der Waals surface area (Å²) in [6.07, 6.45) is 0. The van der Waals surface area contributed by atoms with Gasteiger partial charge in [-0.05, 0) is 60.2 Å². The molecule has 12 rings (SSSR count). The van der Waals surface area contributed by atoms with E-state index in [0.717, 1.165) is 104 Å². The second-order valence-corrected chi connectivity index (χ2v) is 14.6. The summed E-state index contributed by atoms with van der Waals surface area (Å²) in [7, 11) is 0. The van der Waals surface area contributed by atoms with Gasteiger partial charge in [0.15, 0.2) is 0 Å². The molecule has 0 saturated carbocycles. The SMILES string of the molecule is [C-]#[N+]c1ccc(-c2cc(C#N)c(C#N)cc2-n2c3ccccc3c3cc4c(cc32)oc2ccccc24)cc1-n1c2ccccc2c2cc3c(cc21)oc1ccccc13. The Balaban J connectivity index is 1.16. The second kappa shape index (κ2) is 11.7. The standard InChI is InChI=1S/C51H25N5O2/c1-54-41-19-18-29(21-47(41)56-43-15-7-3-11-33(43)38-24-40-35-13-5-9-17-49(35)58-51(40)26-46(38)56)36-20-30(27-52)31(28-53)22-44(36)55-42-14-6-2-10-32(42)37-23-39-34-12-4-8-16-48(34)57-50(39)25-45(37)55/h2-26H. The lowest BCUT2D eigenvalue weighted by molar-refractivity contribution is 0.669. The lowest BCUT2D eigenvalue weighted by Gasteiger charge is -2.17. The van der Waals surface area contributed by atoms with E-state index in [1.54, 1.807) is 6.07 Å². The van der Waals surface area contributed by atoms with E-state index in [9.17, 15) is 10.5 Å². The Morgan fingerprint density at radius 2 is 0.931 bits per heavy atom. The molecule has 0 aliphatic carbocycles. The quantitative estimate of drug-likeness (QED) is 0.169. The third-order valence-corrected chi connectivity index (χ3v) is 11.6. The minimum absolute atomic E-state index is 0.265. The first-order chi connectivity index (χ1) is 28.6. The molecular weight excluding hydrogens is 715 g/mol. The Morgan fingerprint density at radius 1 is 0.431 bits per heavy atom. The predicted octanol–water partition coefficient (Wildman–Crippen LogP) is 13.6. The van der Waals surface area contributed by atoms with E-state index < -0.39 is 0 Å². The maximum atomic E-state index is 10.4. The number of furan rings is 2. The molecule has 0 saturated heterocycles. The number of hydrogen-bond donors (Lipinski definition) is 0. The van der Waals surface area contributed by atoms with Gasteiger partial charge >= 0.3 is 0 Å². The van der Waals surface area contributed by atoms with Gasteiger partial charge in [-0.25, -0.2) is 4.85 Å². The number of fused-ring (bicyclic) bond motifs is 12. The molecule has 7 nitrogen and oxygen atoms in total. The Bertz CT molecular complexity index is 3910. The summed E-state index contributed by atoms with van der Waals surface area (Å²) < 4.78 is 17.1. The third kappa shape index (κ3) is 4.29. The zero-order valence-corrected chi connectivity index (χ0v) is 30.5. The van der Waals surface area contributed by atoms with Crippen LogP contribution in [0.2, 0.25) is 0 Å². The molecule has 0 unspecified atom stereocenters. The Hall–Kier alpha value is -8.57. The van der Waals surface area contributed by atoms with Gasteiger partial charge in [-0.1, -0.05) is 84.9 Å². The van der Waals surface area contributed by atoms with Crippen molar-refractivity contribution >= 4 is 93.2 Å². The molecule has 0 atom stereocenters. The highest BCUT2D eigenvalue weighted by molar-refractivity contribution is 6.19. The maximum absolute atomic E-state index is 10.4. The maximum Gasteiger partial charge on any atom is 0.210 e. The highest BCUT2D eigenvalue weighted by Gasteiger charge is 2.23. The summed E-state index contributed by atoms with van der Waals surface area (Å²) in [5, 5.41) is 29.1. The molecule has 0 radical (unpaired) electrons. The van der Waals surface area contributed by atoms with Gasteiger partial charge in [-0.15, -0.1) is 0 Å². The number of hydrogen-bond acceptors (Lipinski definition) is 4. The monoisotopic (exact) mass is 739 g/mol. The lowest BCUT2D eigenvalue weighted by atomic mass is 9.96. The van der Waals surface area contributed by atoms with Crippen LogP contribution >= 0.6 is 0 Å². The van der Waals surface area contributed by atoms with Crippen molar-refractivity contribution in [1.82, 2.24) is 9.13 Å². The first-order valence-electron chi connectivity index (χ1n) is 18.8. The summed E-state index contributed by atoms with van der Waals surface area (Å²) in [6, 6.07) is 55.0. The summed E-state index contributed by atoms with van der Waals surface area (Å²) >= 11 is 0. The minimum atomic E-state index is 0.265. The van der Waals surface area contributed by atoms with Crippen molar-refractivity contribution in [3.8, 4) is 34.6 Å². The van der Waals surface area contributed by atoms with E-state index in [0.29, 0.717) is 11.4 Å². The number of rotatable bonds is 3. The second-order valence-electron chi connectivity index (χ2n) is 14.6. The van der Waals surface area contributed by atoms with Gasteiger partial charge in [0.2, 0.25) is 5.69 Å². The van der Waals surface area contributed by atoms with Gasteiger partial charge in [0.1, 0.15) is 34.5 Å². The molecule has 0 fully saturated rings. The fraction of sp³-hybridized carbons (Fsp3) is 0. The molecular formula is C51H25N5O2. The van der Waals surface area contributed by atoms with Crippen molar-refractivity contribution in [2.75, 3.05) is 0 Å². The highest BCUT2D eigenvalue weighted by Crippen LogP contribution is 2.44. The molecule has 0 aliphatic heterocycles. The fourth-order valence-electron chi connectivity index (χ4n) is 9.05. The molecule has 8 aromatic carbocycles. The van der Waals surface area contributed by atoms with E-state index >= 15 is 0 Å². The van der Waals surface area contributed by atoms with Crippen molar-refractivity contribution < 1.29 is 8.83 Å². The first kappa shape index (κ1) is 31.7. The number of nitrogens with zero attached hydrogens (tertiary/aromatic N) is 5. The van der Waals surface area contributed by atoms with Crippen LogP contribution in [0.3, 0.4) is 0 Å². The van der Waals surface area contributed by atoms with E-state index in [4.69, 9.17) is 15.4 Å². The van der Waals surface area contributed by atoms with Gasteiger partial charge in [0.25, 0.3) is 0 Å². The van der Waals surface area contributed by atoms with Crippen molar-refractivity contribution in [3.63, 3.8) is 0 Å². The smallest absolute Gasteiger partial charge is 0.210 e. The molecule has 58 heavy (non-hydrogen) atoms. The van der Waals surface area contributed by atoms with Crippen LogP contribution in [0.1, 0.15) is 11.1 Å². The largest absolute Gasteiger partial charge is 0.456 e. The van der Waals surface area contributed by atoms with Crippen LogP contribution in [0.4, 0.5) is 5.69 Å². The summed E-state index contributed by atoms with van der Waals surface area (Å²) in [4.78, 5) is 4.03. The molecule has 12 aromatic rings. The fourth-order valence-corrected chi connectivity index (χ4v) is 9.05. The van der Waals surface area contributed by atoms with Crippen LogP contribution in [-0.2, 0) is 0 Å². The van der Waals surface area contributed by atoms with Crippen LogP contribution in [0.5, 0.6) is 0 Å². The summed E-state index contributed by atoms with van der Waals surface area (Å²) in [6.45, 7) is 8.34. The predicted molar refractivity (Wildman–Crippen MR) is 231 cm³/mol. The van der Waals surface area contributed by atoms with Crippen LogP contribution in [-0.4, -0.2) is 9.13 Å². The Kier molecular flexibility index (Phi) is 6.41. The molecule has 0 amide bonds. The first-order valence-corrected chi connectivity index (χ1v) is 18.8. The summed E-state index contributed by atoms with van der Waals surface area (Å²) in [5.41, 5.74) is 10.8. The van der Waals surface area contributed by atoms with Gasteiger partial charge in [-0.2, -0.15) is 10.5 Å². The van der Waals surface area contributed by atoms with E-state index in [1.165, 1.54) is 0 Å².